The highest BCUT2D eigenvalue weighted by molar-refractivity contribution is 7.16. The number of carbonyl (C=O) groups is 1. The molecular weight excluding hydrogens is 312 g/mol. The average Bonchev–Trinajstić information content (AvgIpc) is 2.92. The third kappa shape index (κ3) is 4.85. The highest BCUT2D eigenvalue weighted by Crippen LogP contribution is 2.26. The molecule has 1 aromatic rings. The Labute approximate surface area is 133 Å². The first-order valence-corrected chi connectivity index (χ1v) is 8.32. The molecule has 2 heterocycles. The van der Waals surface area contributed by atoms with Gasteiger partial charge >= 0.3 is 6.03 Å². The average molecular weight is 333 g/mol. The number of halogens is 1. The summed E-state index contributed by atoms with van der Waals surface area (Å²) in [4.78, 5) is 15.1. The molecule has 0 spiro atoms. The van der Waals surface area contributed by atoms with E-state index in [9.17, 15) is 4.79 Å². The molecule has 2 atom stereocenters. The lowest BCUT2D eigenvalue weighted by molar-refractivity contribution is -0.00595. The molecule has 118 valence electrons. The van der Waals surface area contributed by atoms with Crippen LogP contribution in [-0.4, -0.2) is 48.4 Å². The summed E-state index contributed by atoms with van der Waals surface area (Å²) in [6, 6.07) is 3.63. The van der Waals surface area contributed by atoms with Crippen LogP contribution in [0, 0.1) is 0 Å². The van der Waals surface area contributed by atoms with Gasteiger partial charge in [0.25, 0.3) is 0 Å². The maximum atomic E-state index is 12.3. The Morgan fingerprint density at radius 3 is 3.14 bits per heavy atom. The van der Waals surface area contributed by atoms with E-state index in [0.717, 1.165) is 28.6 Å². The molecule has 0 saturated carbocycles. The number of urea groups is 1. The van der Waals surface area contributed by atoms with E-state index in [1.165, 1.54) is 11.3 Å². The number of hydrogen-bond donors (Lipinski definition) is 2. The molecule has 0 aliphatic carbocycles. The van der Waals surface area contributed by atoms with Gasteiger partial charge in [0.2, 0.25) is 0 Å². The minimum absolute atomic E-state index is 0.0128. The van der Waals surface area contributed by atoms with Gasteiger partial charge in [-0.3, -0.25) is 0 Å². The number of nitrogens with zero attached hydrogens (tertiary/aromatic N) is 1. The van der Waals surface area contributed by atoms with E-state index in [1.54, 1.807) is 4.90 Å². The molecule has 1 aliphatic rings. The maximum absolute atomic E-state index is 12.3. The Morgan fingerprint density at radius 2 is 2.48 bits per heavy atom. The lowest BCUT2D eigenvalue weighted by Gasteiger charge is -2.33. The van der Waals surface area contributed by atoms with E-state index >= 15 is 0 Å². The second kappa shape index (κ2) is 7.98. The monoisotopic (exact) mass is 332 g/mol. The van der Waals surface area contributed by atoms with Gasteiger partial charge in [-0.25, -0.2) is 4.79 Å². The number of aliphatic hydroxyl groups is 1. The molecule has 0 aromatic carbocycles. The smallest absolute Gasteiger partial charge is 0.317 e. The quantitative estimate of drug-likeness (QED) is 0.871. The summed E-state index contributed by atoms with van der Waals surface area (Å²) in [6.45, 7) is 3.60. The summed E-state index contributed by atoms with van der Waals surface area (Å²) in [7, 11) is 0. The third-order valence-electron chi connectivity index (χ3n) is 3.47. The van der Waals surface area contributed by atoms with Crippen LogP contribution < -0.4 is 5.32 Å². The number of ether oxygens (including phenoxy) is 1. The topological polar surface area (TPSA) is 61.8 Å². The van der Waals surface area contributed by atoms with Crippen LogP contribution in [0.3, 0.4) is 0 Å². The zero-order valence-corrected chi connectivity index (χ0v) is 13.6. The Balaban J connectivity index is 1.84. The van der Waals surface area contributed by atoms with E-state index < -0.39 is 0 Å². The van der Waals surface area contributed by atoms with Crippen molar-refractivity contribution in [1.82, 2.24) is 10.2 Å². The molecule has 21 heavy (non-hydrogen) atoms. The van der Waals surface area contributed by atoms with Gasteiger partial charge in [0.15, 0.2) is 0 Å². The van der Waals surface area contributed by atoms with Crippen LogP contribution in [0.1, 0.15) is 30.7 Å². The molecule has 0 radical (unpaired) electrons. The minimum Gasteiger partial charge on any atom is -0.394 e. The van der Waals surface area contributed by atoms with Gasteiger partial charge < -0.3 is 20.1 Å². The molecule has 2 rings (SSSR count). The fraction of sp³-hybridized carbons (Fsp3) is 0.643. The number of carbonyl (C=O) groups excluding carboxylic acids is 1. The molecule has 7 heteroatoms. The summed E-state index contributed by atoms with van der Waals surface area (Å²) in [5.74, 6) is 0. The molecule has 5 nitrogen and oxygen atoms in total. The van der Waals surface area contributed by atoms with Crippen LogP contribution in [0.25, 0.3) is 0 Å². The van der Waals surface area contributed by atoms with Gasteiger partial charge in [-0.2, -0.15) is 0 Å². The molecule has 0 unspecified atom stereocenters. The van der Waals surface area contributed by atoms with Crippen molar-refractivity contribution >= 4 is 29.0 Å². The number of likely N-dealkylation sites (tertiary alicyclic amines) is 1. The van der Waals surface area contributed by atoms with Crippen molar-refractivity contribution in [2.45, 2.75) is 31.9 Å². The molecule has 0 bridgehead atoms. The van der Waals surface area contributed by atoms with Gasteiger partial charge in [-0.15, -0.1) is 11.3 Å². The zero-order valence-electron chi connectivity index (χ0n) is 12.0. The predicted octanol–water partition coefficient (Wildman–Crippen LogP) is 2.65. The van der Waals surface area contributed by atoms with Crippen molar-refractivity contribution in [2.75, 3.05) is 26.3 Å². The molecule has 2 amide bonds. The fourth-order valence-corrected chi connectivity index (χ4v) is 3.45. The normalized spacial score (nSPS) is 20.3. The lowest BCUT2D eigenvalue weighted by atomic mass is 10.1. The molecule has 1 aromatic heterocycles. The van der Waals surface area contributed by atoms with Crippen LogP contribution in [0.2, 0.25) is 4.34 Å². The summed E-state index contributed by atoms with van der Waals surface area (Å²) < 4.78 is 6.24. The second-order valence-electron chi connectivity index (χ2n) is 5.12. The van der Waals surface area contributed by atoms with Crippen LogP contribution in [-0.2, 0) is 4.74 Å². The van der Waals surface area contributed by atoms with Crippen LogP contribution in [0.5, 0.6) is 0 Å². The van der Waals surface area contributed by atoms with Gasteiger partial charge in [0, 0.05) is 18.0 Å². The predicted molar refractivity (Wildman–Crippen MR) is 83.9 cm³/mol. The summed E-state index contributed by atoms with van der Waals surface area (Å²) in [6.07, 6.45) is 1.87. The number of piperidine rings is 1. The molecule has 1 fully saturated rings. The van der Waals surface area contributed by atoms with Gasteiger partial charge in [-0.05, 0) is 31.9 Å². The minimum atomic E-state index is -0.0793. The van der Waals surface area contributed by atoms with Gasteiger partial charge in [-0.1, -0.05) is 11.6 Å². The Morgan fingerprint density at radius 1 is 1.67 bits per heavy atom. The second-order valence-corrected chi connectivity index (χ2v) is 6.86. The van der Waals surface area contributed by atoms with E-state index in [4.69, 9.17) is 21.4 Å². The first-order valence-electron chi connectivity index (χ1n) is 7.13. The van der Waals surface area contributed by atoms with E-state index in [2.05, 4.69) is 5.32 Å². The maximum Gasteiger partial charge on any atom is 0.317 e. The molecule has 1 aliphatic heterocycles. The molecular formula is C14H21ClN2O3S. The van der Waals surface area contributed by atoms with Gasteiger partial charge in [0.05, 0.1) is 29.7 Å². The van der Waals surface area contributed by atoms with E-state index in [-0.39, 0.29) is 24.8 Å². The van der Waals surface area contributed by atoms with E-state index in [0.29, 0.717) is 13.2 Å². The van der Waals surface area contributed by atoms with Crippen molar-refractivity contribution in [3.8, 4) is 0 Å². The third-order valence-corrected chi connectivity index (χ3v) is 4.88. The number of amides is 2. The van der Waals surface area contributed by atoms with Gasteiger partial charge in [0.1, 0.15) is 0 Å². The van der Waals surface area contributed by atoms with Crippen molar-refractivity contribution in [3.05, 3.63) is 21.3 Å². The first-order chi connectivity index (χ1) is 10.1. The summed E-state index contributed by atoms with van der Waals surface area (Å²) in [5.41, 5.74) is 0. The number of nitrogens with one attached hydrogen (secondary N) is 1. The van der Waals surface area contributed by atoms with Crippen LogP contribution in [0.15, 0.2) is 12.1 Å². The van der Waals surface area contributed by atoms with Crippen molar-refractivity contribution < 1.29 is 14.6 Å². The largest absolute Gasteiger partial charge is 0.394 e. The lowest BCUT2D eigenvalue weighted by Crippen LogP contribution is -2.48. The van der Waals surface area contributed by atoms with E-state index in [1.807, 2.05) is 19.1 Å². The molecule has 2 N–H and O–H groups in total. The van der Waals surface area contributed by atoms with Crippen LogP contribution in [0.4, 0.5) is 4.79 Å². The summed E-state index contributed by atoms with van der Waals surface area (Å²) in [5, 5.41) is 11.8. The van der Waals surface area contributed by atoms with Crippen LogP contribution >= 0.6 is 22.9 Å². The zero-order chi connectivity index (χ0) is 15.2. The number of hydrogen-bond acceptors (Lipinski definition) is 4. The number of aliphatic hydroxyl groups excluding tert-OH is 1. The SMILES string of the molecule is C[C@H](NC(=O)N1CCC[C@H](OCCO)C1)c1ccc(Cl)s1. The summed E-state index contributed by atoms with van der Waals surface area (Å²) >= 11 is 7.39. The standard InChI is InChI=1S/C14H21ClN2O3S/c1-10(12-4-5-13(15)21-12)16-14(19)17-6-2-3-11(9-17)20-8-7-18/h4-5,10-11,18H,2-3,6-9H2,1H3,(H,16,19)/t10-,11-/m0/s1. The Bertz CT molecular complexity index is 469. The fourth-order valence-electron chi connectivity index (χ4n) is 2.39. The Kier molecular flexibility index (Phi) is 6.29. The van der Waals surface area contributed by atoms with Crippen molar-refractivity contribution in [1.29, 1.82) is 0 Å². The highest BCUT2D eigenvalue weighted by Gasteiger charge is 2.25. The first kappa shape index (κ1) is 16.5. The Hall–Kier alpha value is -0.820. The number of thiophene rings is 1. The molecule has 1 saturated heterocycles. The van der Waals surface area contributed by atoms with Crippen molar-refractivity contribution in [2.24, 2.45) is 0 Å². The highest BCUT2D eigenvalue weighted by atomic mass is 35.5. The van der Waals surface area contributed by atoms with Crippen molar-refractivity contribution in [3.63, 3.8) is 0 Å². The number of rotatable bonds is 5.